The van der Waals surface area contributed by atoms with Crippen LogP contribution in [0.15, 0.2) is 65.8 Å². The third-order valence-corrected chi connectivity index (χ3v) is 3.60. The topological polar surface area (TPSA) is 49.3 Å². The van der Waals surface area contributed by atoms with E-state index in [9.17, 15) is 0 Å². The molecule has 0 amide bonds. The summed E-state index contributed by atoms with van der Waals surface area (Å²) in [5.41, 5.74) is 5.23. The number of aromatic nitrogens is 1. The van der Waals surface area contributed by atoms with Crippen LogP contribution in [0.1, 0.15) is 5.56 Å². The molecule has 0 bridgehead atoms. The SMILES string of the molecule is S=C(N/N=C\c1cc2ccccc2nc1Cl)Nc1ccccc1. The van der Waals surface area contributed by atoms with Crippen LogP contribution in [-0.4, -0.2) is 16.3 Å². The molecule has 0 atom stereocenters. The highest BCUT2D eigenvalue weighted by Crippen LogP contribution is 2.18. The second-order valence-corrected chi connectivity index (χ2v) is 5.52. The summed E-state index contributed by atoms with van der Waals surface area (Å²) in [6, 6.07) is 19.3. The van der Waals surface area contributed by atoms with Crippen molar-refractivity contribution < 1.29 is 0 Å². The summed E-state index contributed by atoms with van der Waals surface area (Å²) in [5, 5.41) is 8.94. The summed E-state index contributed by atoms with van der Waals surface area (Å²) in [5.74, 6) is 0. The van der Waals surface area contributed by atoms with Crippen molar-refractivity contribution in [2.75, 3.05) is 5.32 Å². The van der Waals surface area contributed by atoms with Crippen LogP contribution < -0.4 is 10.7 Å². The molecule has 2 N–H and O–H groups in total. The highest BCUT2D eigenvalue weighted by atomic mass is 35.5. The van der Waals surface area contributed by atoms with Gasteiger partial charge >= 0.3 is 0 Å². The molecule has 0 spiro atoms. The van der Waals surface area contributed by atoms with Crippen molar-refractivity contribution in [1.82, 2.24) is 10.4 Å². The van der Waals surface area contributed by atoms with Crippen LogP contribution in [0, 0.1) is 0 Å². The maximum absolute atomic E-state index is 6.17. The Balaban J connectivity index is 1.68. The number of hydrogen-bond donors (Lipinski definition) is 2. The molecule has 4 nitrogen and oxygen atoms in total. The van der Waals surface area contributed by atoms with Gasteiger partial charge in [-0.3, -0.25) is 5.43 Å². The van der Waals surface area contributed by atoms with Crippen LogP contribution in [0.5, 0.6) is 0 Å². The summed E-state index contributed by atoms with van der Waals surface area (Å²) in [6.45, 7) is 0. The zero-order valence-corrected chi connectivity index (χ0v) is 13.6. The van der Waals surface area contributed by atoms with Crippen LogP contribution in [0.25, 0.3) is 10.9 Å². The van der Waals surface area contributed by atoms with Crippen LogP contribution >= 0.6 is 23.8 Å². The Morgan fingerprint density at radius 3 is 2.65 bits per heavy atom. The lowest BCUT2D eigenvalue weighted by atomic mass is 10.2. The molecule has 1 aromatic heterocycles. The van der Waals surface area contributed by atoms with Crippen molar-refractivity contribution in [3.63, 3.8) is 0 Å². The molecule has 0 aliphatic carbocycles. The van der Waals surface area contributed by atoms with E-state index in [2.05, 4.69) is 20.8 Å². The number of thiocarbonyl (C=S) groups is 1. The number of pyridine rings is 1. The van der Waals surface area contributed by atoms with E-state index >= 15 is 0 Å². The van der Waals surface area contributed by atoms with E-state index in [0.717, 1.165) is 22.2 Å². The van der Waals surface area contributed by atoms with E-state index in [1.807, 2.05) is 60.7 Å². The summed E-state index contributed by atoms with van der Waals surface area (Å²) in [4.78, 5) is 4.34. The van der Waals surface area contributed by atoms with E-state index in [0.29, 0.717) is 10.3 Å². The minimum Gasteiger partial charge on any atom is -0.331 e. The first kappa shape index (κ1) is 15.4. The molecular weight excluding hydrogens is 328 g/mol. The maximum atomic E-state index is 6.17. The second-order valence-electron chi connectivity index (χ2n) is 4.75. The number of fused-ring (bicyclic) bond motifs is 1. The Morgan fingerprint density at radius 1 is 1.09 bits per heavy atom. The fourth-order valence-corrected chi connectivity index (χ4v) is 2.41. The minimum absolute atomic E-state index is 0.399. The van der Waals surface area contributed by atoms with Crippen molar-refractivity contribution in [1.29, 1.82) is 0 Å². The van der Waals surface area contributed by atoms with Crippen LogP contribution in [-0.2, 0) is 0 Å². The summed E-state index contributed by atoms with van der Waals surface area (Å²) in [6.07, 6.45) is 1.60. The average Bonchev–Trinajstić information content (AvgIpc) is 2.56. The number of rotatable bonds is 3. The molecule has 0 unspecified atom stereocenters. The fraction of sp³-hybridized carbons (Fsp3) is 0. The number of hydrogen-bond acceptors (Lipinski definition) is 3. The standard InChI is InChI=1S/C17H13ClN4S/c18-16-13(10-12-6-4-5-9-15(12)21-16)11-19-22-17(23)20-14-7-2-1-3-8-14/h1-11H,(H2,20,22,23)/b19-11-. The Morgan fingerprint density at radius 2 is 1.83 bits per heavy atom. The normalized spacial score (nSPS) is 10.8. The van der Waals surface area contributed by atoms with Gasteiger partial charge in [0.25, 0.3) is 0 Å². The molecule has 0 radical (unpaired) electrons. The van der Waals surface area contributed by atoms with Gasteiger partial charge in [-0.1, -0.05) is 48.0 Å². The van der Waals surface area contributed by atoms with Gasteiger partial charge in [0.2, 0.25) is 0 Å². The van der Waals surface area contributed by atoms with Gasteiger partial charge in [0.1, 0.15) is 5.15 Å². The Kier molecular flexibility index (Phi) is 4.80. The summed E-state index contributed by atoms with van der Waals surface area (Å²) < 4.78 is 0. The van der Waals surface area contributed by atoms with Gasteiger partial charge in [-0.2, -0.15) is 5.10 Å². The molecule has 114 valence electrons. The van der Waals surface area contributed by atoms with Crippen molar-refractivity contribution in [2.24, 2.45) is 5.10 Å². The lowest BCUT2D eigenvalue weighted by Crippen LogP contribution is -2.23. The molecule has 0 fully saturated rings. The predicted molar refractivity (Wildman–Crippen MR) is 100 cm³/mol. The molecule has 6 heteroatoms. The molecule has 23 heavy (non-hydrogen) atoms. The lowest BCUT2D eigenvalue weighted by Gasteiger charge is -2.06. The summed E-state index contributed by atoms with van der Waals surface area (Å²) >= 11 is 11.3. The number of halogens is 1. The zero-order chi connectivity index (χ0) is 16.1. The molecule has 0 saturated carbocycles. The molecule has 1 heterocycles. The van der Waals surface area contributed by atoms with E-state index in [1.165, 1.54) is 0 Å². The van der Waals surface area contributed by atoms with E-state index in [4.69, 9.17) is 23.8 Å². The first-order valence-electron chi connectivity index (χ1n) is 6.93. The fourth-order valence-electron chi connectivity index (χ4n) is 2.04. The van der Waals surface area contributed by atoms with Gasteiger partial charge < -0.3 is 5.32 Å². The van der Waals surface area contributed by atoms with Gasteiger partial charge in [-0.15, -0.1) is 0 Å². The minimum atomic E-state index is 0.399. The molecule has 3 aromatic rings. The van der Waals surface area contributed by atoms with Gasteiger partial charge in [-0.25, -0.2) is 4.98 Å². The summed E-state index contributed by atoms with van der Waals surface area (Å²) in [7, 11) is 0. The van der Waals surface area contributed by atoms with Gasteiger partial charge in [0, 0.05) is 16.6 Å². The van der Waals surface area contributed by atoms with E-state index in [1.54, 1.807) is 6.21 Å². The van der Waals surface area contributed by atoms with Crippen LogP contribution in [0.2, 0.25) is 5.15 Å². The quantitative estimate of drug-likeness (QED) is 0.324. The third-order valence-electron chi connectivity index (χ3n) is 3.11. The highest BCUT2D eigenvalue weighted by Gasteiger charge is 2.02. The number of anilines is 1. The highest BCUT2D eigenvalue weighted by molar-refractivity contribution is 7.80. The monoisotopic (exact) mass is 340 g/mol. The van der Waals surface area contributed by atoms with Crippen molar-refractivity contribution in [2.45, 2.75) is 0 Å². The lowest BCUT2D eigenvalue weighted by molar-refractivity contribution is 1.05. The Hall–Kier alpha value is -2.50. The molecule has 0 aliphatic heterocycles. The van der Waals surface area contributed by atoms with E-state index < -0.39 is 0 Å². The van der Waals surface area contributed by atoms with Crippen molar-refractivity contribution >= 4 is 51.7 Å². The predicted octanol–water partition coefficient (Wildman–Crippen LogP) is 4.21. The maximum Gasteiger partial charge on any atom is 0.191 e. The average molecular weight is 341 g/mol. The van der Waals surface area contributed by atoms with Crippen LogP contribution in [0.3, 0.4) is 0 Å². The number of benzene rings is 2. The molecule has 3 rings (SSSR count). The molecule has 2 aromatic carbocycles. The second kappa shape index (κ2) is 7.17. The number of para-hydroxylation sites is 2. The first-order chi connectivity index (χ1) is 11.2. The van der Waals surface area contributed by atoms with Gasteiger partial charge in [0.15, 0.2) is 5.11 Å². The molecule has 0 saturated heterocycles. The van der Waals surface area contributed by atoms with Crippen LogP contribution in [0.4, 0.5) is 5.69 Å². The first-order valence-corrected chi connectivity index (χ1v) is 7.71. The largest absolute Gasteiger partial charge is 0.331 e. The molecule has 0 aliphatic rings. The van der Waals surface area contributed by atoms with E-state index in [-0.39, 0.29) is 0 Å². The van der Waals surface area contributed by atoms with Crippen molar-refractivity contribution in [3.05, 3.63) is 71.4 Å². The van der Waals surface area contributed by atoms with Crippen molar-refractivity contribution in [3.8, 4) is 0 Å². The van der Waals surface area contributed by atoms with Gasteiger partial charge in [0.05, 0.1) is 11.7 Å². The smallest absolute Gasteiger partial charge is 0.191 e. The third kappa shape index (κ3) is 4.03. The number of nitrogens with one attached hydrogen (secondary N) is 2. The molecular formula is C17H13ClN4S. The number of nitrogens with zero attached hydrogens (tertiary/aromatic N) is 2. The Labute approximate surface area is 144 Å². The zero-order valence-electron chi connectivity index (χ0n) is 12.0. The van der Waals surface area contributed by atoms with Gasteiger partial charge in [-0.05, 0) is 36.5 Å². The number of hydrazone groups is 1. The Bertz CT molecular complexity index is 865.